The highest BCUT2D eigenvalue weighted by Gasteiger charge is 2.38. The molecule has 9 nitrogen and oxygen atoms in total. The molecule has 1 aliphatic carbocycles. The third kappa shape index (κ3) is 6.19. The van der Waals surface area contributed by atoms with Crippen LogP contribution in [0.2, 0.25) is 0 Å². The van der Waals surface area contributed by atoms with Crippen molar-refractivity contribution in [2.24, 2.45) is 10.9 Å². The maximum Gasteiger partial charge on any atom is 0.408 e. The summed E-state index contributed by atoms with van der Waals surface area (Å²) < 4.78 is 5.31. The topological polar surface area (TPSA) is 113 Å². The Kier molecular flexibility index (Phi) is 7.63. The average Bonchev–Trinajstić information content (AvgIpc) is 3.23. The second-order valence-electron chi connectivity index (χ2n) is 9.52. The van der Waals surface area contributed by atoms with Crippen molar-refractivity contribution < 1.29 is 9.53 Å². The zero-order chi connectivity index (χ0) is 24.3. The van der Waals surface area contributed by atoms with Gasteiger partial charge in [-0.25, -0.2) is 10.2 Å². The van der Waals surface area contributed by atoms with Crippen molar-refractivity contribution in [1.82, 2.24) is 21.2 Å². The number of anilines is 1. The molecule has 4 N–H and O–H groups in total. The van der Waals surface area contributed by atoms with Gasteiger partial charge in [-0.05, 0) is 51.3 Å². The normalized spacial score (nSPS) is 26.8. The van der Waals surface area contributed by atoms with Gasteiger partial charge in [-0.15, -0.1) is 11.8 Å². The highest BCUT2D eigenvalue weighted by molar-refractivity contribution is 8.04. The summed E-state index contributed by atoms with van der Waals surface area (Å²) in [4.78, 5) is 17.8. The second-order valence-corrected chi connectivity index (χ2v) is 10.7. The first-order valence-electron chi connectivity index (χ1n) is 11.6. The molecule has 0 radical (unpaired) electrons. The van der Waals surface area contributed by atoms with Crippen LogP contribution in [-0.4, -0.2) is 47.0 Å². The standard InChI is InChI=1S/C24H33N6O3S/c1-5-19(27-23(31)33-24(2,3)4)29-30(32)20-13-17-18(34-20)12-11-15-14-25-22(28-21(15)17)26-16-9-7-6-8-10-16/h6-12,14-15,19-22,26,28-29H,5,13H2,1-4H3,(H,27,31)/q-1. The monoisotopic (exact) mass is 485 g/mol. The van der Waals surface area contributed by atoms with Crippen molar-refractivity contribution in [3.63, 3.8) is 0 Å². The summed E-state index contributed by atoms with van der Waals surface area (Å²) in [6.45, 7) is 7.30. The van der Waals surface area contributed by atoms with Gasteiger partial charge in [0.2, 0.25) is 0 Å². The van der Waals surface area contributed by atoms with Gasteiger partial charge in [0.25, 0.3) is 0 Å². The van der Waals surface area contributed by atoms with E-state index < -0.39 is 17.9 Å². The Morgan fingerprint density at radius 3 is 2.82 bits per heavy atom. The third-order valence-corrected chi connectivity index (χ3v) is 6.95. The number of carbonyl (C=O) groups is 1. The van der Waals surface area contributed by atoms with Crippen LogP contribution in [0, 0.1) is 11.1 Å². The van der Waals surface area contributed by atoms with Crippen molar-refractivity contribution >= 4 is 29.8 Å². The van der Waals surface area contributed by atoms with E-state index in [0.29, 0.717) is 12.8 Å². The maximum absolute atomic E-state index is 13.0. The molecule has 0 saturated heterocycles. The number of amides is 1. The predicted molar refractivity (Wildman–Crippen MR) is 137 cm³/mol. The molecule has 1 aromatic carbocycles. The molecule has 0 fully saturated rings. The predicted octanol–water partition coefficient (Wildman–Crippen LogP) is 3.89. The van der Waals surface area contributed by atoms with Crippen molar-refractivity contribution in [1.29, 1.82) is 0 Å². The molecule has 10 heteroatoms. The number of thioether (sulfide) groups is 1. The summed E-state index contributed by atoms with van der Waals surface area (Å²) in [5.74, 6) is 0.150. The molecule has 34 heavy (non-hydrogen) atoms. The number of hydrazine groups is 1. The van der Waals surface area contributed by atoms with E-state index >= 15 is 0 Å². The molecule has 5 atom stereocenters. The molecule has 0 spiro atoms. The van der Waals surface area contributed by atoms with E-state index in [-0.39, 0.29) is 23.6 Å². The lowest BCUT2D eigenvalue weighted by atomic mass is 9.86. The minimum atomic E-state index is -0.601. The summed E-state index contributed by atoms with van der Waals surface area (Å²) in [7, 11) is 0. The molecular formula is C24H33N6O3S-. The molecule has 1 aromatic rings. The number of nitrogens with zero attached hydrogens (tertiary/aromatic N) is 2. The number of carbonyl (C=O) groups excluding carboxylic acids is 1. The lowest BCUT2D eigenvalue weighted by Gasteiger charge is -2.38. The van der Waals surface area contributed by atoms with Gasteiger partial charge in [-0.2, -0.15) is 0 Å². The van der Waals surface area contributed by atoms with Gasteiger partial charge in [0.1, 0.15) is 5.60 Å². The van der Waals surface area contributed by atoms with E-state index in [0.717, 1.165) is 15.8 Å². The van der Waals surface area contributed by atoms with Crippen LogP contribution in [0.5, 0.6) is 0 Å². The maximum atomic E-state index is 13.0. The molecule has 2 heterocycles. The number of hydroxylamine groups is 1. The molecule has 184 valence electrons. The van der Waals surface area contributed by atoms with E-state index in [2.05, 4.69) is 38.5 Å². The Labute approximate surface area is 205 Å². The highest BCUT2D eigenvalue weighted by Crippen LogP contribution is 2.45. The number of fused-ring (bicyclic) bond motifs is 2. The third-order valence-electron chi connectivity index (χ3n) is 5.67. The first kappa shape index (κ1) is 24.7. The molecule has 3 aliphatic rings. The summed E-state index contributed by atoms with van der Waals surface area (Å²) >= 11 is 1.54. The lowest BCUT2D eigenvalue weighted by Crippen LogP contribution is -2.54. The molecule has 0 saturated carbocycles. The highest BCUT2D eigenvalue weighted by atomic mass is 32.2. The number of nitrogens with one attached hydrogen (secondary N) is 4. The quantitative estimate of drug-likeness (QED) is 0.340. The molecule has 0 bridgehead atoms. The van der Waals surface area contributed by atoms with Crippen LogP contribution in [0.4, 0.5) is 10.5 Å². The number of hydrogen-bond acceptors (Lipinski definition) is 9. The zero-order valence-electron chi connectivity index (χ0n) is 19.9. The number of ether oxygens (including phenoxy) is 1. The molecule has 0 aromatic heterocycles. The van der Waals surface area contributed by atoms with Gasteiger partial charge < -0.3 is 25.7 Å². The van der Waals surface area contributed by atoms with Crippen LogP contribution in [-0.2, 0) is 4.74 Å². The molecule has 1 amide bonds. The molecule has 5 unspecified atom stereocenters. The number of para-hydroxylation sites is 1. The average molecular weight is 486 g/mol. The second kappa shape index (κ2) is 10.5. The lowest BCUT2D eigenvalue weighted by molar-refractivity contribution is 0.0460. The zero-order valence-corrected chi connectivity index (χ0v) is 20.8. The van der Waals surface area contributed by atoms with Crippen molar-refractivity contribution in [2.75, 3.05) is 5.32 Å². The summed E-state index contributed by atoms with van der Waals surface area (Å²) in [6.07, 6.45) is 6.04. The summed E-state index contributed by atoms with van der Waals surface area (Å²) in [5.41, 5.74) is 4.49. The fourth-order valence-corrected chi connectivity index (χ4v) is 5.31. The van der Waals surface area contributed by atoms with Crippen LogP contribution in [0.3, 0.4) is 0 Å². The van der Waals surface area contributed by atoms with E-state index in [1.54, 1.807) is 20.8 Å². The number of hydrogen-bond donors (Lipinski definition) is 4. The fraction of sp³-hybridized carbons (Fsp3) is 0.500. The molecular weight excluding hydrogens is 452 g/mol. The van der Waals surface area contributed by atoms with Gasteiger partial charge in [0, 0.05) is 28.8 Å². The number of benzene rings is 1. The minimum absolute atomic E-state index is 0.0754. The summed E-state index contributed by atoms with van der Waals surface area (Å²) in [5, 5.41) is 23.2. The Morgan fingerprint density at radius 1 is 1.35 bits per heavy atom. The van der Waals surface area contributed by atoms with Crippen LogP contribution in [0.15, 0.2) is 58.0 Å². The Balaban J connectivity index is 1.34. The first-order chi connectivity index (χ1) is 16.2. The smallest absolute Gasteiger partial charge is 0.408 e. The minimum Gasteiger partial charge on any atom is -0.771 e. The largest absolute Gasteiger partial charge is 0.771 e. The molecule has 2 aliphatic heterocycles. The number of rotatable bonds is 7. The van der Waals surface area contributed by atoms with Crippen molar-refractivity contribution in [2.45, 2.75) is 70.0 Å². The van der Waals surface area contributed by atoms with Gasteiger partial charge >= 0.3 is 6.09 Å². The van der Waals surface area contributed by atoms with Crippen LogP contribution in [0.1, 0.15) is 40.5 Å². The van der Waals surface area contributed by atoms with Crippen molar-refractivity contribution in [3.05, 3.63) is 58.2 Å². The van der Waals surface area contributed by atoms with Gasteiger partial charge in [-0.1, -0.05) is 37.3 Å². The number of allylic oxidation sites excluding steroid dienone is 1. The SMILES string of the molecule is CCC(NC(=O)OC(C)(C)C)NN([O-])C1CC2=C(C=CC3C=NC(Nc4ccccc4)NC23)S1. The number of aliphatic imine (C=N–C) groups is 1. The first-order valence-corrected chi connectivity index (χ1v) is 12.5. The Hall–Kier alpha value is -2.37. The van der Waals surface area contributed by atoms with E-state index in [1.165, 1.54) is 17.3 Å². The van der Waals surface area contributed by atoms with Crippen LogP contribution in [0.25, 0.3) is 0 Å². The Bertz CT molecular complexity index is 961. The van der Waals surface area contributed by atoms with Crippen molar-refractivity contribution in [3.8, 4) is 0 Å². The van der Waals surface area contributed by atoms with E-state index in [9.17, 15) is 10.0 Å². The van der Waals surface area contributed by atoms with Gasteiger partial charge in [0.05, 0.1) is 11.5 Å². The number of alkyl carbamates (subject to hydrolysis) is 1. The van der Waals surface area contributed by atoms with Crippen LogP contribution >= 0.6 is 11.8 Å². The van der Waals surface area contributed by atoms with Gasteiger partial charge in [-0.3, -0.25) is 10.3 Å². The Morgan fingerprint density at radius 2 is 2.12 bits per heavy atom. The fourth-order valence-electron chi connectivity index (χ4n) is 4.08. The van der Waals surface area contributed by atoms with Crippen LogP contribution < -0.4 is 21.4 Å². The summed E-state index contributed by atoms with van der Waals surface area (Å²) in [6, 6.07) is 10.0. The molecule has 4 rings (SSSR count). The van der Waals surface area contributed by atoms with Gasteiger partial charge in [0.15, 0.2) is 6.29 Å². The van der Waals surface area contributed by atoms with E-state index in [4.69, 9.17) is 4.74 Å². The van der Waals surface area contributed by atoms with E-state index in [1.807, 2.05) is 43.5 Å².